The van der Waals surface area contributed by atoms with E-state index in [4.69, 9.17) is 0 Å². The summed E-state index contributed by atoms with van der Waals surface area (Å²) in [5, 5.41) is 11.6. The average Bonchev–Trinajstić information content (AvgIpc) is 2.84. The minimum absolute atomic E-state index is 0.320. The summed E-state index contributed by atoms with van der Waals surface area (Å²) in [6.07, 6.45) is 5.02. The first-order valence-corrected chi connectivity index (χ1v) is 6.77. The molecule has 1 N–H and O–H groups in total. The molecule has 1 aromatic heterocycles. The number of aromatic nitrogens is 1. The molecule has 2 aromatic rings. The van der Waals surface area contributed by atoms with Gasteiger partial charge in [-0.15, -0.1) is 0 Å². The van der Waals surface area contributed by atoms with Gasteiger partial charge in [-0.1, -0.05) is 25.5 Å². The number of aliphatic hydroxyl groups is 1. The van der Waals surface area contributed by atoms with E-state index in [2.05, 4.69) is 24.0 Å². The molecule has 18 heavy (non-hydrogen) atoms. The van der Waals surface area contributed by atoms with Crippen molar-refractivity contribution in [1.29, 1.82) is 0 Å². The maximum absolute atomic E-state index is 10.5. The van der Waals surface area contributed by atoms with E-state index in [-0.39, 0.29) is 6.10 Å². The van der Waals surface area contributed by atoms with Gasteiger partial charge in [-0.3, -0.25) is 4.98 Å². The van der Waals surface area contributed by atoms with E-state index in [0.29, 0.717) is 5.92 Å². The molecule has 0 saturated heterocycles. The van der Waals surface area contributed by atoms with Crippen LogP contribution < -0.4 is 0 Å². The van der Waals surface area contributed by atoms with Crippen LogP contribution in [0.4, 0.5) is 0 Å². The average molecular weight is 241 g/mol. The Morgan fingerprint density at radius 1 is 1.28 bits per heavy atom. The van der Waals surface area contributed by atoms with Gasteiger partial charge in [0, 0.05) is 11.6 Å². The van der Waals surface area contributed by atoms with Gasteiger partial charge in [-0.25, -0.2) is 0 Å². The molecular weight excluding hydrogens is 222 g/mol. The SMILES string of the molecule is CC1CCC(C(O)c2ccc3ncccc3c2)C1. The van der Waals surface area contributed by atoms with Gasteiger partial charge in [0.2, 0.25) is 0 Å². The first-order chi connectivity index (χ1) is 8.74. The molecule has 3 atom stereocenters. The standard InChI is InChI=1S/C16H19NO/c1-11-4-5-13(9-11)16(18)14-6-7-15-12(10-14)3-2-8-17-15/h2-3,6-8,10-11,13,16,18H,4-5,9H2,1H3. The molecule has 3 unspecified atom stereocenters. The van der Waals surface area contributed by atoms with Crippen molar-refractivity contribution in [3.05, 3.63) is 42.1 Å². The van der Waals surface area contributed by atoms with Gasteiger partial charge in [0.25, 0.3) is 0 Å². The lowest BCUT2D eigenvalue weighted by Crippen LogP contribution is -2.09. The lowest BCUT2D eigenvalue weighted by molar-refractivity contribution is 0.110. The van der Waals surface area contributed by atoms with Crippen LogP contribution in [0.5, 0.6) is 0 Å². The van der Waals surface area contributed by atoms with Gasteiger partial charge in [0.1, 0.15) is 0 Å². The number of hydrogen-bond donors (Lipinski definition) is 1. The summed E-state index contributed by atoms with van der Waals surface area (Å²) in [4.78, 5) is 4.31. The quantitative estimate of drug-likeness (QED) is 0.869. The van der Waals surface area contributed by atoms with Crippen molar-refractivity contribution < 1.29 is 5.11 Å². The molecule has 0 spiro atoms. The molecule has 1 aliphatic rings. The Kier molecular flexibility index (Phi) is 3.04. The third kappa shape index (κ3) is 2.13. The highest BCUT2D eigenvalue weighted by molar-refractivity contribution is 5.79. The van der Waals surface area contributed by atoms with E-state index in [0.717, 1.165) is 35.2 Å². The molecule has 0 amide bonds. The van der Waals surface area contributed by atoms with Crippen molar-refractivity contribution in [3.63, 3.8) is 0 Å². The number of aliphatic hydroxyl groups excluding tert-OH is 1. The van der Waals surface area contributed by atoms with Crippen LogP contribution in [0.3, 0.4) is 0 Å². The fourth-order valence-corrected chi connectivity index (χ4v) is 3.09. The Hall–Kier alpha value is -1.41. The number of fused-ring (bicyclic) bond motifs is 1. The Balaban J connectivity index is 1.89. The topological polar surface area (TPSA) is 33.1 Å². The fraction of sp³-hybridized carbons (Fsp3) is 0.438. The summed E-state index contributed by atoms with van der Waals surface area (Å²) >= 11 is 0. The number of pyridine rings is 1. The van der Waals surface area contributed by atoms with Gasteiger partial charge in [-0.05, 0) is 48.4 Å². The van der Waals surface area contributed by atoms with Crippen LogP contribution in [-0.4, -0.2) is 10.1 Å². The highest BCUT2D eigenvalue weighted by atomic mass is 16.3. The molecule has 2 heteroatoms. The molecule has 94 valence electrons. The second kappa shape index (κ2) is 4.69. The van der Waals surface area contributed by atoms with Crippen molar-refractivity contribution in [1.82, 2.24) is 4.98 Å². The summed E-state index contributed by atoms with van der Waals surface area (Å²) in [5.41, 5.74) is 2.03. The number of benzene rings is 1. The van der Waals surface area contributed by atoms with E-state index < -0.39 is 0 Å². The molecule has 1 aromatic carbocycles. The number of rotatable bonds is 2. The molecular formula is C16H19NO. The first-order valence-electron chi connectivity index (χ1n) is 6.77. The Bertz CT molecular complexity index is 552. The molecule has 1 saturated carbocycles. The van der Waals surface area contributed by atoms with Crippen molar-refractivity contribution in [2.75, 3.05) is 0 Å². The predicted octanol–water partition coefficient (Wildman–Crippen LogP) is 3.70. The van der Waals surface area contributed by atoms with Crippen LogP contribution in [0, 0.1) is 11.8 Å². The number of hydrogen-bond acceptors (Lipinski definition) is 2. The fourth-order valence-electron chi connectivity index (χ4n) is 3.09. The number of nitrogens with zero attached hydrogens (tertiary/aromatic N) is 1. The van der Waals surface area contributed by atoms with Crippen molar-refractivity contribution >= 4 is 10.9 Å². The third-order valence-electron chi connectivity index (χ3n) is 4.15. The summed E-state index contributed by atoms with van der Waals surface area (Å²) in [7, 11) is 0. The zero-order chi connectivity index (χ0) is 12.5. The largest absolute Gasteiger partial charge is 0.388 e. The molecule has 0 aliphatic heterocycles. The Morgan fingerprint density at radius 3 is 2.94 bits per heavy atom. The summed E-state index contributed by atoms with van der Waals surface area (Å²) in [5.74, 6) is 1.18. The van der Waals surface area contributed by atoms with E-state index in [1.165, 1.54) is 6.42 Å². The highest BCUT2D eigenvalue weighted by Gasteiger charge is 2.28. The van der Waals surface area contributed by atoms with E-state index >= 15 is 0 Å². The highest BCUT2D eigenvalue weighted by Crippen LogP contribution is 2.39. The molecule has 2 nitrogen and oxygen atoms in total. The van der Waals surface area contributed by atoms with Crippen molar-refractivity contribution in [2.45, 2.75) is 32.3 Å². The Labute approximate surface area is 108 Å². The summed E-state index contributed by atoms with van der Waals surface area (Å²) in [6, 6.07) is 10.1. The van der Waals surface area contributed by atoms with Crippen LogP contribution >= 0.6 is 0 Å². The molecule has 1 heterocycles. The third-order valence-corrected chi connectivity index (χ3v) is 4.15. The van der Waals surface area contributed by atoms with Gasteiger partial charge >= 0.3 is 0 Å². The lowest BCUT2D eigenvalue weighted by Gasteiger charge is -2.18. The van der Waals surface area contributed by atoms with Gasteiger partial charge < -0.3 is 5.11 Å². The molecule has 0 bridgehead atoms. The minimum Gasteiger partial charge on any atom is -0.388 e. The molecule has 1 fully saturated rings. The van der Waals surface area contributed by atoms with E-state index in [1.807, 2.05) is 18.2 Å². The predicted molar refractivity (Wildman–Crippen MR) is 73.2 cm³/mol. The van der Waals surface area contributed by atoms with Crippen LogP contribution in [0.1, 0.15) is 37.9 Å². The second-order valence-electron chi connectivity index (χ2n) is 5.58. The van der Waals surface area contributed by atoms with E-state index in [9.17, 15) is 5.11 Å². The summed E-state index contributed by atoms with van der Waals surface area (Å²) < 4.78 is 0. The van der Waals surface area contributed by atoms with Gasteiger partial charge in [-0.2, -0.15) is 0 Å². The van der Waals surface area contributed by atoms with Crippen molar-refractivity contribution in [3.8, 4) is 0 Å². The molecule has 1 aliphatic carbocycles. The maximum atomic E-state index is 10.5. The smallest absolute Gasteiger partial charge is 0.0818 e. The Morgan fingerprint density at radius 2 is 2.17 bits per heavy atom. The first kappa shape index (κ1) is 11.7. The van der Waals surface area contributed by atoms with Crippen LogP contribution in [0.2, 0.25) is 0 Å². The van der Waals surface area contributed by atoms with Crippen molar-refractivity contribution in [2.24, 2.45) is 11.8 Å². The van der Waals surface area contributed by atoms with E-state index in [1.54, 1.807) is 6.20 Å². The maximum Gasteiger partial charge on any atom is 0.0818 e. The molecule has 3 rings (SSSR count). The molecule has 0 radical (unpaired) electrons. The van der Waals surface area contributed by atoms with Crippen LogP contribution in [-0.2, 0) is 0 Å². The van der Waals surface area contributed by atoms with Crippen LogP contribution in [0.25, 0.3) is 10.9 Å². The lowest BCUT2D eigenvalue weighted by atomic mass is 9.93. The zero-order valence-electron chi connectivity index (χ0n) is 10.7. The van der Waals surface area contributed by atoms with Crippen LogP contribution in [0.15, 0.2) is 36.5 Å². The summed E-state index contributed by atoms with van der Waals surface area (Å²) in [6.45, 7) is 2.27. The van der Waals surface area contributed by atoms with Gasteiger partial charge in [0.15, 0.2) is 0 Å². The van der Waals surface area contributed by atoms with Gasteiger partial charge in [0.05, 0.1) is 11.6 Å². The monoisotopic (exact) mass is 241 g/mol. The zero-order valence-corrected chi connectivity index (χ0v) is 10.7. The normalized spacial score (nSPS) is 25.4. The minimum atomic E-state index is -0.320. The second-order valence-corrected chi connectivity index (χ2v) is 5.58.